The number of hydrogen-bond donors (Lipinski definition) is 3. The molecule has 136 valence electrons. The van der Waals surface area contributed by atoms with E-state index in [2.05, 4.69) is 15.3 Å². The summed E-state index contributed by atoms with van der Waals surface area (Å²) in [6.07, 6.45) is 0.851. The summed E-state index contributed by atoms with van der Waals surface area (Å²) in [6, 6.07) is 4.32. The third kappa shape index (κ3) is 3.54. The van der Waals surface area contributed by atoms with Crippen molar-refractivity contribution in [1.82, 2.24) is 24.5 Å². The Hall–Kier alpha value is -2.33. The molecule has 0 atom stereocenters. The molecule has 1 fully saturated rings. The molecule has 0 spiro atoms. The first-order valence-corrected chi connectivity index (χ1v) is 9.61. The van der Waals surface area contributed by atoms with Gasteiger partial charge in [0.25, 0.3) is 0 Å². The third-order valence-corrected chi connectivity index (χ3v) is 6.07. The van der Waals surface area contributed by atoms with E-state index in [1.807, 2.05) is 6.92 Å². The van der Waals surface area contributed by atoms with Crippen LogP contribution in [0.1, 0.15) is 13.3 Å². The van der Waals surface area contributed by atoms with Crippen molar-refractivity contribution in [2.45, 2.75) is 18.2 Å². The van der Waals surface area contributed by atoms with Crippen molar-refractivity contribution in [3.8, 4) is 0 Å². The van der Waals surface area contributed by atoms with Crippen molar-refractivity contribution in [3.63, 3.8) is 0 Å². The number of imidazole rings is 1. The van der Waals surface area contributed by atoms with Gasteiger partial charge in [0.05, 0.1) is 15.9 Å². The number of urea groups is 1. The molecule has 0 radical (unpaired) electrons. The predicted octanol–water partition coefficient (Wildman–Crippen LogP) is 0.282. The summed E-state index contributed by atoms with van der Waals surface area (Å²) in [5, 5.41) is 2.79. The molecule has 2 heterocycles. The van der Waals surface area contributed by atoms with Gasteiger partial charge in [-0.05, 0) is 24.6 Å². The predicted molar refractivity (Wildman–Crippen MR) is 92.9 cm³/mol. The molecule has 25 heavy (non-hydrogen) atoms. The fourth-order valence-corrected chi connectivity index (χ4v) is 4.25. The molecular formula is C15H21N5O4S. The first kappa shape index (κ1) is 17.5. The summed E-state index contributed by atoms with van der Waals surface area (Å²) >= 11 is 0. The Morgan fingerprint density at radius 2 is 1.84 bits per heavy atom. The third-order valence-electron chi connectivity index (χ3n) is 4.18. The molecule has 3 N–H and O–H groups in total. The van der Waals surface area contributed by atoms with Gasteiger partial charge < -0.3 is 20.2 Å². The second-order valence-corrected chi connectivity index (χ2v) is 7.85. The molecule has 10 heteroatoms. The number of rotatable bonds is 4. The number of aromatic nitrogens is 2. The van der Waals surface area contributed by atoms with E-state index in [9.17, 15) is 18.0 Å². The van der Waals surface area contributed by atoms with E-state index in [4.69, 9.17) is 0 Å². The van der Waals surface area contributed by atoms with E-state index < -0.39 is 10.0 Å². The zero-order chi connectivity index (χ0) is 18.0. The van der Waals surface area contributed by atoms with Crippen molar-refractivity contribution >= 4 is 27.1 Å². The molecule has 1 aromatic heterocycles. The minimum atomic E-state index is -3.67. The van der Waals surface area contributed by atoms with Crippen molar-refractivity contribution in [2.24, 2.45) is 0 Å². The molecule has 0 aliphatic carbocycles. The van der Waals surface area contributed by atoms with Crippen molar-refractivity contribution in [3.05, 3.63) is 28.7 Å². The van der Waals surface area contributed by atoms with Crippen LogP contribution in [0, 0.1) is 0 Å². The molecule has 1 aliphatic rings. The van der Waals surface area contributed by atoms with Crippen molar-refractivity contribution < 1.29 is 13.2 Å². The number of amides is 2. The fourth-order valence-electron chi connectivity index (χ4n) is 2.80. The minimum Gasteiger partial charge on any atom is -0.338 e. The topological polar surface area (TPSA) is 118 Å². The molecule has 2 aromatic rings. The summed E-state index contributed by atoms with van der Waals surface area (Å²) in [4.78, 5) is 30.1. The monoisotopic (exact) mass is 367 g/mol. The van der Waals surface area contributed by atoms with E-state index >= 15 is 0 Å². The quantitative estimate of drug-likeness (QED) is 0.719. The van der Waals surface area contributed by atoms with Gasteiger partial charge in [-0.25, -0.2) is 18.0 Å². The maximum absolute atomic E-state index is 12.8. The molecule has 1 aliphatic heterocycles. The first-order valence-electron chi connectivity index (χ1n) is 8.17. The lowest BCUT2D eigenvalue weighted by atomic mass is 10.3. The lowest BCUT2D eigenvalue weighted by Gasteiger charge is -2.34. The van der Waals surface area contributed by atoms with Gasteiger partial charge in [0.15, 0.2) is 0 Å². The summed E-state index contributed by atoms with van der Waals surface area (Å²) < 4.78 is 26.9. The Kier molecular flexibility index (Phi) is 4.82. The fraction of sp³-hybridized carbons (Fsp3) is 0.467. The number of aromatic amines is 2. The molecule has 2 amide bonds. The standard InChI is InChI=1S/C15H21N5O4S/c1-2-5-16-15(22)19-6-8-20(9-7-19)25(23,24)11-3-4-12-13(10-11)18-14(21)17-12/h3-4,10H,2,5-9H2,1H3,(H,16,22)(H2,17,18,21). The van der Waals surface area contributed by atoms with Crippen LogP contribution < -0.4 is 11.0 Å². The highest BCUT2D eigenvalue weighted by Crippen LogP contribution is 2.20. The summed E-state index contributed by atoms with van der Waals surface area (Å²) in [5.74, 6) is 0. The molecule has 0 bridgehead atoms. The minimum absolute atomic E-state index is 0.124. The Morgan fingerprint density at radius 3 is 2.52 bits per heavy atom. The number of benzene rings is 1. The maximum atomic E-state index is 12.8. The number of carbonyl (C=O) groups excluding carboxylic acids is 1. The maximum Gasteiger partial charge on any atom is 0.323 e. The molecule has 1 saturated heterocycles. The number of fused-ring (bicyclic) bond motifs is 1. The molecule has 0 saturated carbocycles. The van der Waals surface area contributed by atoms with Crippen LogP contribution in [-0.2, 0) is 10.0 Å². The number of carbonyl (C=O) groups is 1. The average Bonchev–Trinajstić information content (AvgIpc) is 2.98. The Bertz CT molecular complexity index is 925. The highest BCUT2D eigenvalue weighted by molar-refractivity contribution is 7.89. The van der Waals surface area contributed by atoms with Crippen LogP contribution in [0.5, 0.6) is 0 Å². The number of piperazine rings is 1. The summed E-state index contributed by atoms with van der Waals surface area (Å²) in [5.41, 5.74) is 0.626. The van der Waals surface area contributed by atoms with Gasteiger partial charge >= 0.3 is 11.7 Å². The number of sulfonamides is 1. The average molecular weight is 367 g/mol. The van der Waals surface area contributed by atoms with E-state index in [1.54, 1.807) is 11.0 Å². The number of nitrogens with zero attached hydrogens (tertiary/aromatic N) is 2. The van der Waals surface area contributed by atoms with Gasteiger partial charge in [0, 0.05) is 32.7 Å². The van der Waals surface area contributed by atoms with Crippen LogP contribution in [0.15, 0.2) is 27.9 Å². The normalized spacial score (nSPS) is 16.3. The molecule has 1 aromatic carbocycles. The van der Waals surface area contributed by atoms with Gasteiger partial charge in [-0.2, -0.15) is 4.31 Å². The molecule has 3 rings (SSSR count). The molecule has 0 unspecified atom stereocenters. The van der Waals surface area contributed by atoms with Gasteiger partial charge in [-0.15, -0.1) is 0 Å². The van der Waals surface area contributed by atoms with Crippen LogP contribution >= 0.6 is 0 Å². The highest BCUT2D eigenvalue weighted by atomic mass is 32.2. The Balaban J connectivity index is 1.72. The van der Waals surface area contributed by atoms with Crippen LogP contribution in [0.2, 0.25) is 0 Å². The van der Waals surface area contributed by atoms with Gasteiger partial charge in [0.1, 0.15) is 0 Å². The van der Waals surface area contributed by atoms with E-state index in [-0.39, 0.29) is 29.7 Å². The SMILES string of the molecule is CCCNC(=O)N1CCN(S(=O)(=O)c2ccc3[nH]c(=O)[nH]c3c2)CC1. The second kappa shape index (κ2) is 6.89. The smallest absolute Gasteiger partial charge is 0.323 e. The van der Waals surface area contributed by atoms with Crippen LogP contribution in [-0.4, -0.2) is 66.3 Å². The first-order chi connectivity index (χ1) is 11.9. The molecular weight excluding hydrogens is 346 g/mol. The Morgan fingerprint density at radius 1 is 1.16 bits per heavy atom. The van der Waals surface area contributed by atoms with E-state index in [0.29, 0.717) is 30.7 Å². The molecule has 9 nitrogen and oxygen atoms in total. The largest absolute Gasteiger partial charge is 0.338 e. The summed E-state index contributed by atoms with van der Waals surface area (Å²) in [6.45, 7) is 3.74. The van der Waals surface area contributed by atoms with E-state index in [0.717, 1.165) is 6.42 Å². The zero-order valence-electron chi connectivity index (χ0n) is 13.9. The Labute approximate surface area is 145 Å². The lowest BCUT2D eigenvalue weighted by molar-refractivity contribution is 0.172. The zero-order valence-corrected chi connectivity index (χ0v) is 14.7. The number of hydrogen-bond acceptors (Lipinski definition) is 4. The van der Waals surface area contributed by atoms with Crippen molar-refractivity contribution in [2.75, 3.05) is 32.7 Å². The second-order valence-electron chi connectivity index (χ2n) is 5.91. The summed E-state index contributed by atoms with van der Waals surface area (Å²) in [7, 11) is -3.67. The lowest BCUT2D eigenvalue weighted by Crippen LogP contribution is -2.53. The van der Waals surface area contributed by atoms with Crippen LogP contribution in [0.3, 0.4) is 0 Å². The van der Waals surface area contributed by atoms with E-state index in [1.165, 1.54) is 16.4 Å². The van der Waals surface area contributed by atoms with Gasteiger partial charge in [-0.3, -0.25) is 0 Å². The van der Waals surface area contributed by atoms with Gasteiger partial charge in [0.2, 0.25) is 10.0 Å². The van der Waals surface area contributed by atoms with Crippen LogP contribution in [0.4, 0.5) is 4.79 Å². The van der Waals surface area contributed by atoms with Crippen LogP contribution in [0.25, 0.3) is 11.0 Å². The number of nitrogens with one attached hydrogen (secondary N) is 3. The number of H-pyrrole nitrogens is 2. The van der Waals surface area contributed by atoms with Crippen molar-refractivity contribution in [1.29, 1.82) is 0 Å². The van der Waals surface area contributed by atoms with Gasteiger partial charge in [-0.1, -0.05) is 6.92 Å². The highest BCUT2D eigenvalue weighted by Gasteiger charge is 2.30.